The minimum atomic E-state index is -1.51. The summed E-state index contributed by atoms with van der Waals surface area (Å²) in [4.78, 5) is 0. The van der Waals surface area contributed by atoms with Crippen molar-refractivity contribution in [3.05, 3.63) is 51.5 Å². The molecule has 8 heteroatoms. The molecule has 2 aromatic rings. The van der Waals surface area contributed by atoms with E-state index in [9.17, 15) is 13.2 Å². The summed E-state index contributed by atoms with van der Waals surface area (Å²) in [6, 6.07) is 1.05. The minimum absolute atomic E-state index is 0.156. The average Bonchev–Trinajstić information content (AvgIpc) is 2.69. The van der Waals surface area contributed by atoms with E-state index < -0.39 is 23.5 Å². The predicted octanol–water partition coefficient (Wildman–Crippen LogP) is 2.15. The molecule has 0 spiro atoms. The zero-order chi connectivity index (χ0) is 14.2. The molecule has 0 fully saturated rings. The van der Waals surface area contributed by atoms with Gasteiger partial charge >= 0.3 is 0 Å². The van der Waals surface area contributed by atoms with Gasteiger partial charge in [0.05, 0.1) is 22.4 Å². The Labute approximate surface area is 115 Å². The van der Waals surface area contributed by atoms with Crippen LogP contribution in [-0.2, 0) is 7.05 Å². The number of aryl methyl sites for hydroxylation is 1. The van der Waals surface area contributed by atoms with Gasteiger partial charge < -0.3 is 0 Å². The van der Waals surface area contributed by atoms with Crippen molar-refractivity contribution < 1.29 is 13.2 Å². The van der Waals surface area contributed by atoms with Crippen LogP contribution in [0.15, 0.2) is 22.8 Å². The molecule has 4 nitrogen and oxygen atoms in total. The molecule has 1 heterocycles. The van der Waals surface area contributed by atoms with E-state index in [4.69, 9.17) is 5.84 Å². The Morgan fingerprint density at radius 1 is 1.32 bits per heavy atom. The number of rotatable bonds is 3. The first-order valence-electron chi connectivity index (χ1n) is 5.23. The van der Waals surface area contributed by atoms with E-state index >= 15 is 0 Å². The highest BCUT2D eigenvalue weighted by Gasteiger charge is 2.22. The lowest BCUT2D eigenvalue weighted by molar-refractivity contribution is 0.441. The van der Waals surface area contributed by atoms with Crippen molar-refractivity contribution >= 4 is 15.9 Å². The van der Waals surface area contributed by atoms with E-state index in [1.165, 1.54) is 10.9 Å². The van der Waals surface area contributed by atoms with Gasteiger partial charge in [0.2, 0.25) is 0 Å². The standard InChI is InChI=1S/C11H10BrF3N4/c1-19-11(6(12)4-17-19)10(18-16)5-2-7(13)9(15)8(14)3-5/h2-4,10,18H,16H2,1H3. The van der Waals surface area contributed by atoms with Crippen LogP contribution in [0.4, 0.5) is 13.2 Å². The van der Waals surface area contributed by atoms with Crippen LogP contribution in [0.25, 0.3) is 0 Å². The summed E-state index contributed by atoms with van der Waals surface area (Å²) in [7, 11) is 1.65. The second kappa shape index (κ2) is 5.32. The molecular weight excluding hydrogens is 325 g/mol. The van der Waals surface area contributed by atoms with Gasteiger partial charge in [0.15, 0.2) is 17.5 Å². The van der Waals surface area contributed by atoms with Gasteiger partial charge in [-0.3, -0.25) is 10.5 Å². The van der Waals surface area contributed by atoms with Crippen molar-refractivity contribution in [2.24, 2.45) is 12.9 Å². The second-order valence-corrected chi connectivity index (χ2v) is 4.75. The molecule has 0 bridgehead atoms. The Kier molecular flexibility index (Phi) is 3.93. The fraction of sp³-hybridized carbons (Fsp3) is 0.182. The Morgan fingerprint density at radius 2 is 1.89 bits per heavy atom. The number of nitrogens with one attached hydrogen (secondary N) is 1. The quantitative estimate of drug-likeness (QED) is 0.513. The lowest BCUT2D eigenvalue weighted by Gasteiger charge is -2.18. The van der Waals surface area contributed by atoms with Gasteiger partial charge in [0.1, 0.15) is 0 Å². The summed E-state index contributed by atoms with van der Waals surface area (Å²) in [6.07, 6.45) is 1.52. The van der Waals surface area contributed by atoms with Gasteiger partial charge in [0, 0.05) is 7.05 Å². The molecule has 0 amide bonds. The molecular formula is C11H10BrF3N4. The van der Waals surface area contributed by atoms with Gasteiger partial charge in [-0.2, -0.15) is 5.10 Å². The van der Waals surface area contributed by atoms with E-state index in [1.54, 1.807) is 7.05 Å². The molecule has 0 radical (unpaired) electrons. The molecule has 1 unspecified atom stereocenters. The van der Waals surface area contributed by atoms with Crippen molar-refractivity contribution in [3.63, 3.8) is 0 Å². The lowest BCUT2D eigenvalue weighted by atomic mass is 10.0. The highest BCUT2D eigenvalue weighted by atomic mass is 79.9. The fourth-order valence-electron chi connectivity index (χ4n) is 1.82. The molecule has 1 aromatic carbocycles. The summed E-state index contributed by atoms with van der Waals surface area (Å²) in [5.74, 6) is 1.37. The van der Waals surface area contributed by atoms with Crippen molar-refractivity contribution in [2.45, 2.75) is 6.04 Å². The van der Waals surface area contributed by atoms with Gasteiger partial charge in [0.25, 0.3) is 0 Å². The Balaban J connectivity index is 2.55. The number of nitrogens with zero attached hydrogens (tertiary/aromatic N) is 2. The highest BCUT2D eigenvalue weighted by Crippen LogP contribution is 2.29. The van der Waals surface area contributed by atoms with Crippen LogP contribution in [0.1, 0.15) is 17.3 Å². The summed E-state index contributed by atoms with van der Waals surface area (Å²) in [6.45, 7) is 0. The molecule has 3 N–H and O–H groups in total. The topological polar surface area (TPSA) is 55.9 Å². The number of halogens is 4. The molecule has 1 aromatic heterocycles. The third kappa shape index (κ3) is 2.51. The number of nitrogens with two attached hydrogens (primary N) is 1. The molecule has 102 valence electrons. The normalized spacial score (nSPS) is 12.7. The van der Waals surface area contributed by atoms with E-state index in [1.807, 2.05) is 0 Å². The monoisotopic (exact) mass is 334 g/mol. The van der Waals surface area contributed by atoms with Crippen LogP contribution in [0.2, 0.25) is 0 Å². The zero-order valence-electron chi connectivity index (χ0n) is 9.79. The minimum Gasteiger partial charge on any atom is -0.271 e. The van der Waals surface area contributed by atoms with E-state index in [0.717, 1.165) is 12.1 Å². The first-order valence-corrected chi connectivity index (χ1v) is 6.03. The molecule has 0 aliphatic rings. The number of benzene rings is 1. The van der Waals surface area contributed by atoms with E-state index in [0.29, 0.717) is 10.2 Å². The van der Waals surface area contributed by atoms with Gasteiger partial charge in [-0.1, -0.05) is 0 Å². The molecule has 0 saturated heterocycles. The highest BCUT2D eigenvalue weighted by molar-refractivity contribution is 9.10. The third-order valence-electron chi connectivity index (χ3n) is 2.72. The van der Waals surface area contributed by atoms with Crippen LogP contribution >= 0.6 is 15.9 Å². The molecule has 0 aliphatic heterocycles. The maximum Gasteiger partial charge on any atom is 0.194 e. The SMILES string of the molecule is Cn1ncc(Br)c1C(NN)c1cc(F)c(F)c(F)c1. The fourth-order valence-corrected chi connectivity index (χ4v) is 2.40. The van der Waals surface area contributed by atoms with Crippen LogP contribution in [0.5, 0.6) is 0 Å². The second-order valence-electron chi connectivity index (χ2n) is 3.90. The summed E-state index contributed by atoms with van der Waals surface area (Å²) in [5.41, 5.74) is 3.15. The first kappa shape index (κ1) is 14.0. The predicted molar refractivity (Wildman–Crippen MR) is 66.4 cm³/mol. The van der Waals surface area contributed by atoms with Crippen LogP contribution in [0, 0.1) is 17.5 Å². The Hall–Kier alpha value is -1.38. The van der Waals surface area contributed by atoms with Gasteiger partial charge in [-0.05, 0) is 33.6 Å². The van der Waals surface area contributed by atoms with Crippen molar-refractivity contribution in [1.82, 2.24) is 15.2 Å². The maximum absolute atomic E-state index is 13.3. The summed E-state index contributed by atoms with van der Waals surface area (Å²) < 4.78 is 41.6. The van der Waals surface area contributed by atoms with Crippen molar-refractivity contribution in [1.29, 1.82) is 0 Å². The lowest BCUT2D eigenvalue weighted by Crippen LogP contribution is -2.31. The first-order chi connectivity index (χ1) is 8.95. The third-order valence-corrected chi connectivity index (χ3v) is 3.33. The van der Waals surface area contributed by atoms with Crippen LogP contribution in [-0.4, -0.2) is 9.78 Å². The van der Waals surface area contributed by atoms with E-state index in [-0.39, 0.29) is 5.56 Å². The Morgan fingerprint density at radius 3 is 2.32 bits per heavy atom. The molecule has 0 saturated carbocycles. The number of hydrogen-bond donors (Lipinski definition) is 2. The molecule has 2 rings (SSSR count). The summed E-state index contributed by atoms with van der Waals surface area (Å²) in [5, 5.41) is 3.99. The van der Waals surface area contributed by atoms with Gasteiger partial charge in [-0.25, -0.2) is 18.6 Å². The summed E-state index contributed by atoms with van der Waals surface area (Å²) >= 11 is 3.27. The van der Waals surface area contributed by atoms with Gasteiger partial charge in [-0.15, -0.1) is 0 Å². The number of hydrazine groups is 1. The van der Waals surface area contributed by atoms with Crippen LogP contribution < -0.4 is 11.3 Å². The average molecular weight is 335 g/mol. The van der Waals surface area contributed by atoms with Crippen molar-refractivity contribution in [2.75, 3.05) is 0 Å². The Bertz CT molecular complexity index is 571. The number of aromatic nitrogens is 2. The van der Waals surface area contributed by atoms with Crippen LogP contribution in [0.3, 0.4) is 0 Å². The van der Waals surface area contributed by atoms with Crippen molar-refractivity contribution in [3.8, 4) is 0 Å². The molecule has 1 atom stereocenters. The largest absolute Gasteiger partial charge is 0.271 e. The molecule has 19 heavy (non-hydrogen) atoms. The zero-order valence-corrected chi connectivity index (χ0v) is 11.4. The smallest absolute Gasteiger partial charge is 0.194 e. The van der Waals surface area contributed by atoms with E-state index in [2.05, 4.69) is 26.5 Å². The maximum atomic E-state index is 13.3. The number of hydrogen-bond acceptors (Lipinski definition) is 3. The molecule has 0 aliphatic carbocycles.